The summed E-state index contributed by atoms with van der Waals surface area (Å²) in [7, 11) is 0. The van der Waals surface area contributed by atoms with Crippen LogP contribution >= 0.6 is 0 Å². The molecule has 0 saturated heterocycles. The molecule has 0 amide bonds. The van der Waals surface area contributed by atoms with Crippen LogP contribution in [0.4, 0.5) is 15.8 Å². The number of nitrogens with zero attached hydrogens (tertiary/aromatic N) is 1. The molecule has 1 heterocycles. The molecule has 0 aliphatic heterocycles. The summed E-state index contributed by atoms with van der Waals surface area (Å²) in [5.41, 5.74) is 1.01. The first-order valence-corrected chi connectivity index (χ1v) is 4.96. The Kier molecular flexibility index (Phi) is 3.04. The summed E-state index contributed by atoms with van der Waals surface area (Å²) in [5, 5.41) is 13.4. The molecule has 2 rings (SSSR count). The number of nitro groups is 1. The quantitative estimate of drug-likeness (QED) is 0.632. The van der Waals surface area contributed by atoms with E-state index in [2.05, 4.69) is 10.3 Å². The second kappa shape index (κ2) is 4.65. The lowest BCUT2D eigenvalue weighted by Crippen LogP contribution is -2.00. The predicted molar refractivity (Wildman–Crippen MR) is 61.2 cm³/mol. The van der Waals surface area contributed by atoms with E-state index in [-0.39, 0.29) is 0 Å². The van der Waals surface area contributed by atoms with Crippen LogP contribution in [-0.4, -0.2) is 9.91 Å². The second-order valence-electron chi connectivity index (χ2n) is 3.50. The monoisotopic (exact) mass is 235 g/mol. The predicted octanol–water partition coefficient (Wildman–Crippen LogP) is 2.67. The highest BCUT2D eigenvalue weighted by atomic mass is 19.1. The van der Waals surface area contributed by atoms with Gasteiger partial charge in [-0.1, -0.05) is 0 Å². The van der Waals surface area contributed by atoms with Crippen molar-refractivity contribution in [1.82, 2.24) is 4.98 Å². The minimum Gasteiger partial charge on any atom is -0.381 e. The molecule has 0 fully saturated rings. The highest BCUT2D eigenvalue weighted by Gasteiger charge is 2.13. The summed E-state index contributed by atoms with van der Waals surface area (Å²) >= 11 is 0. The van der Waals surface area contributed by atoms with E-state index in [1.165, 1.54) is 6.07 Å². The van der Waals surface area contributed by atoms with Gasteiger partial charge in [0, 0.05) is 36.8 Å². The average molecular weight is 235 g/mol. The van der Waals surface area contributed by atoms with Crippen LogP contribution < -0.4 is 5.32 Å². The number of benzene rings is 1. The molecule has 0 spiro atoms. The van der Waals surface area contributed by atoms with E-state index in [1.54, 1.807) is 6.20 Å². The van der Waals surface area contributed by atoms with Gasteiger partial charge in [0.2, 0.25) is 5.82 Å². The van der Waals surface area contributed by atoms with Gasteiger partial charge >= 0.3 is 5.69 Å². The Morgan fingerprint density at radius 3 is 2.82 bits per heavy atom. The summed E-state index contributed by atoms with van der Waals surface area (Å²) in [6, 6.07) is 5.63. The fourth-order valence-corrected chi connectivity index (χ4v) is 1.44. The van der Waals surface area contributed by atoms with Gasteiger partial charge < -0.3 is 10.3 Å². The van der Waals surface area contributed by atoms with Crippen LogP contribution in [0.25, 0.3) is 0 Å². The Labute approximate surface area is 96.4 Å². The number of hydrogen-bond donors (Lipinski definition) is 2. The van der Waals surface area contributed by atoms with Crippen LogP contribution in [0.2, 0.25) is 0 Å². The van der Waals surface area contributed by atoms with Crippen molar-refractivity contribution in [3.05, 3.63) is 58.2 Å². The van der Waals surface area contributed by atoms with Crippen LogP contribution in [0, 0.1) is 15.9 Å². The number of anilines is 1. The number of nitrogens with one attached hydrogen (secondary N) is 2. The molecule has 2 N–H and O–H groups in total. The third kappa shape index (κ3) is 2.60. The molecule has 0 saturated carbocycles. The molecule has 0 unspecified atom stereocenters. The number of aromatic nitrogens is 1. The third-order valence-electron chi connectivity index (χ3n) is 2.30. The Hall–Kier alpha value is -2.37. The fraction of sp³-hybridized carbons (Fsp3) is 0.0909. The Morgan fingerprint density at radius 2 is 2.24 bits per heavy atom. The molecule has 0 aliphatic rings. The molecular weight excluding hydrogens is 225 g/mol. The maximum absolute atomic E-state index is 13.3. The van der Waals surface area contributed by atoms with E-state index in [9.17, 15) is 14.5 Å². The molecular formula is C11H10FN3O2. The lowest BCUT2D eigenvalue weighted by molar-refractivity contribution is -0.387. The minimum absolute atomic E-state index is 0.509. The van der Waals surface area contributed by atoms with Crippen molar-refractivity contribution in [1.29, 1.82) is 0 Å². The lowest BCUT2D eigenvalue weighted by Gasteiger charge is -2.04. The SMILES string of the molecule is O=[N+]([O-])c1ccc(NCc2cc[nH]c2)cc1F. The van der Waals surface area contributed by atoms with E-state index >= 15 is 0 Å². The number of rotatable bonds is 4. The van der Waals surface area contributed by atoms with Gasteiger partial charge in [-0.05, 0) is 17.7 Å². The summed E-state index contributed by atoms with van der Waals surface area (Å²) in [5.74, 6) is -0.839. The maximum Gasteiger partial charge on any atom is 0.304 e. The van der Waals surface area contributed by atoms with Crippen molar-refractivity contribution in [2.75, 3.05) is 5.32 Å². The maximum atomic E-state index is 13.3. The lowest BCUT2D eigenvalue weighted by atomic mass is 10.2. The fourth-order valence-electron chi connectivity index (χ4n) is 1.44. The third-order valence-corrected chi connectivity index (χ3v) is 2.30. The smallest absolute Gasteiger partial charge is 0.304 e. The van der Waals surface area contributed by atoms with Crippen molar-refractivity contribution in [2.24, 2.45) is 0 Å². The van der Waals surface area contributed by atoms with Crippen LogP contribution in [0.3, 0.4) is 0 Å². The van der Waals surface area contributed by atoms with Gasteiger partial charge in [0.15, 0.2) is 0 Å². The molecule has 5 nitrogen and oxygen atoms in total. The zero-order valence-corrected chi connectivity index (χ0v) is 8.81. The van der Waals surface area contributed by atoms with E-state index in [0.29, 0.717) is 12.2 Å². The second-order valence-corrected chi connectivity index (χ2v) is 3.50. The van der Waals surface area contributed by atoms with E-state index < -0.39 is 16.4 Å². The number of H-pyrrole nitrogens is 1. The zero-order valence-electron chi connectivity index (χ0n) is 8.81. The topological polar surface area (TPSA) is 71.0 Å². The molecule has 2 aromatic rings. The highest BCUT2D eigenvalue weighted by molar-refractivity contribution is 5.49. The van der Waals surface area contributed by atoms with Crippen LogP contribution in [-0.2, 0) is 6.54 Å². The Bertz CT molecular complexity index is 526. The van der Waals surface area contributed by atoms with Gasteiger partial charge in [-0.2, -0.15) is 4.39 Å². The number of nitro benzene ring substituents is 1. The average Bonchev–Trinajstić information content (AvgIpc) is 2.78. The molecule has 0 bridgehead atoms. The summed E-state index contributed by atoms with van der Waals surface area (Å²) in [6.07, 6.45) is 3.60. The molecule has 0 atom stereocenters. The highest BCUT2D eigenvalue weighted by Crippen LogP contribution is 2.21. The van der Waals surface area contributed by atoms with Crippen molar-refractivity contribution in [3.8, 4) is 0 Å². The van der Waals surface area contributed by atoms with Crippen LogP contribution in [0.15, 0.2) is 36.7 Å². The number of halogens is 1. The van der Waals surface area contributed by atoms with Crippen molar-refractivity contribution in [3.63, 3.8) is 0 Å². The first-order chi connectivity index (χ1) is 8.16. The first-order valence-electron chi connectivity index (χ1n) is 4.96. The van der Waals surface area contributed by atoms with Crippen molar-refractivity contribution >= 4 is 11.4 Å². The minimum atomic E-state index is -0.839. The summed E-state index contributed by atoms with van der Waals surface area (Å²) in [6.45, 7) is 0.529. The Morgan fingerprint density at radius 1 is 1.41 bits per heavy atom. The zero-order chi connectivity index (χ0) is 12.3. The van der Waals surface area contributed by atoms with E-state index in [4.69, 9.17) is 0 Å². The number of hydrogen-bond acceptors (Lipinski definition) is 3. The van der Waals surface area contributed by atoms with Gasteiger partial charge in [-0.3, -0.25) is 10.1 Å². The molecule has 1 aromatic heterocycles. The van der Waals surface area contributed by atoms with Crippen molar-refractivity contribution in [2.45, 2.75) is 6.54 Å². The molecule has 0 aliphatic carbocycles. The number of aromatic amines is 1. The van der Waals surface area contributed by atoms with E-state index in [0.717, 1.165) is 17.7 Å². The summed E-state index contributed by atoms with van der Waals surface area (Å²) < 4.78 is 13.3. The normalized spacial score (nSPS) is 10.2. The summed E-state index contributed by atoms with van der Waals surface area (Å²) in [4.78, 5) is 12.6. The molecule has 6 heteroatoms. The van der Waals surface area contributed by atoms with Gasteiger partial charge in [0.1, 0.15) is 0 Å². The van der Waals surface area contributed by atoms with Gasteiger partial charge in [0.25, 0.3) is 0 Å². The van der Waals surface area contributed by atoms with Crippen LogP contribution in [0.1, 0.15) is 5.56 Å². The first kappa shape index (κ1) is 11.1. The molecule has 1 aromatic carbocycles. The van der Waals surface area contributed by atoms with Crippen molar-refractivity contribution < 1.29 is 9.31 Å². The van der Waals surface area contributed by atoms with Gasteiger partial charge in [0.05, 0.1) is 4.92 Å². The standard InChI is InChI=1S/C11H10FN3O2/c12-10-5-9(1-2-11(10)15(16)17)14-7-8-3-4-13-6-8/h1-6,13-14H,7H2. The Balaban J connectivity index is 2.07. The molecule has 0 radical (unpaired) electrons. The largest absolute Gasteiger partial charge is 0.381 e. The van der Waals surface area contributed by atoms with Gasteiger partial charge in [-0.15, -0.1) is 0 Å². The molecule has 17 heavy (non-hydrogen) atoms. The molecule has 88 valence electrons. The van der Waals surface area contributed by atoms with E-state index in [1.807, 2.05) is 12.3 Å². The van der Waals surface area contributed by atoms with Gasteiger partial charge in [-0.25, -0.2) is 0 Å². The van der Waals surface area contributed by atoms with Crippen LogP contribution in [0.5, 0.6) is 0 Å².